The molecule has 1 saturated heterocycles. The molecule has 3 atom stereocenters. The van der Waals surface area contributed by atoms with E-state index in [0.29, 0.717) is 0 Å². The normalized spacial score (nSPS) is 46.9. The highest BCUT2D eigenvalue weighted by Gasteiger charge is 2.66. The minimum Gasteiger partial charge on any atom is -0.394 e. The number of hydrogen-bond acceptors (Lipinski definition) is 2. The highest BCUT2D eigenvalue weighted by Crippen LogP contribution is 2.60. The second-order valence-corrected chi connectivity index (χ2v) is 3.59. The maximum Gasteiger partial charge on any atom is 0.224 e. The number of fused-ring (bicyclic) bond motifs is 1. The van der Waals surface area contributed by atoms with Gasteiger partial charge in [0, 0.05) is 11.3 Å². The number of amides is 1. The average Bonchev–Trinajstić information content (AvgIpc) is 2.70. The zero-order chi connectivity index (χ0) is 8.06. The fourth-order valence-corrected chi connectivity index (χ4v) is 2.34. The van der Waals surface area contributed by atoms with Gasteiger partial charge in [0.1, 0.15) is 0 Å². The molecule has 2 rings (SSSR count). The maximum absolute atomic E-state index is 11.1. The number of rotatable bonds is 2. The van der Waals surface area contributed by atoms with Crippen molar-refractivity contribution in [1.82, 2.24) is 5.32 Å². The molecule has 0 aromatic heterocycles. The molecular formula is C8H13NO2. The fraction of sp³-hybridized carbons (Fsp3) is 0.875. The van der Waals surface area contributed by atoms with Crippen LogP contribution in [0.15, 0.2) is 0 Å². The predicted octanol–water partition coefficient (Wildman–Crippen LogP) is -0.107. The first-order chi connectivity index (χ1) is 5.24. The molecule has 2 aliphatic rings. The number of nitrogens with one attached hydrogen (secondary N) is 1. The molecule has 3 nitrogen and oxygen atoms in total. The Morgan fingerprint density at radius 1 is 1.82 bits per heavy atom. The Balaban J connectivity index is 2.19. The predicted molar refractivity (Wildman–Crippen MR) is 39.8 cm³/mol. The van der Waals surface area contributed by atoms with Gasteiger partial charge in [-0.05, 0) is 12.8 Å². The van der Waals surface area contributed by atoms with Crippen molar-refractivity contribution < 1.29 is 9.90 Å². The lowest BCUT2D eigenvalue weighted by molar-refractivity contribution is -0.121. The second-order valence-electron chi connectivity index (χ2n) is 3.59. The van der Waals surface area contributed by atoms with Crippen LogP contribution in [-0.2, 0) is 4.79 Å². The molecule has 1 aliphatic heterocycles. The molecule has 1 saturated carbocycles. The van der Waals surface area contributed by atoms with E-state index in [9.17, 15) is 4.79 Å². The Labute approximate surface area is 65.8 Å². The summed E-state index contributed by atoms with van der Waals surface area (Å²) in [5, 5.41) is 11.8. The molecule has 0 aromatic rings. The number of aliphatic hydroxyl groups is 1. The van der Waals surface area contributed by atoms with E-state index in [4.69, 9.17) is 5.11 Å². The Morgan fingerprint density at radius 3 is 2.91 bits per heavy atom. The van der Waals surface area contributed by atoms with Gasteiger partial charge in [-0.3, -0.25) is 4.79 Å². The van der Waals surface area contributed by atoms with E-state index in [-0.39, 0.29) is 29.9 Å². The summed E-state index contributed by atoms with van der Waals surface area (Å²) >= 11 is 0. The molecule has 11 heavy (non-hydrogen) atoms. The number of piperidine rings is 1. The van der Waals surface area contributed by atoms with Gasteiger partial charge < -0.3 is 10.4 Å². The number of carbonyl (C=O) groups is 1. The van der Waals surface area contributed by atoms with E-state index < -0.39 is 0 Å². The molecule has 0 bridgehead atoms. The third-order valence-electron chi connectivity index (χ3n) is 3.29. The Morgan fingerprint density at radius 2 is 2.55 bits per heavy atom. The van der Waals surface area contributed by atoms with Crippen molar-refractivity contribution in [1.29, 1.82) is 0 Å². The van der Waals surface area contributed by atoms with Crippen LogP contribution in [0.25, 0.3) is 0 Å². The van der Waals surface area contributed by atoms with Crippen LogP contribution in [0, 0.1) is 11.3 Å². The molecule has 0 aromatic carbocycles. The van der Waals surface area contributed by atoms with Gasteiger partial charge in [0.05, 0.1) is 12.6 Å². The molecule has 0 radical (unpaired) electrons. The third-order valence-corrected chi connectivity index (χ3v) is 3.29. The summed E-state index contributed by atoms with van der Waals surface area (Å²) in [6.45, 7) is 2.18. The van der Waals surface area contributed by atoms with Crippen LogP contribution in [0.4, 0.5) is 0 Å². The number of aliphatic hydroxyl groups excluding tert-OH is 1. The Bertz CT molecular complexity index is 204. The van der Waals surface area contributed by atoms with Gasteiger partial charge in [-0.15, -0.1) is 0 Å². The molecule has 1 heterocycles. The lowest BCUT2D eigenvalue weighted by Gasteiger charge is -2.18. The highest BCUT2D eigenvalue weighted by molar-refractivity contribution is 5.86. The zero-order valence-corrected chi connectivity index (χ0v) is 6.63. The van der Waals surface area contributed by atoms with Gasteiger partial charge in [-0.2, -0.15) is 0 Å². The van der Waals surface area contributed by atoms with E-state index in [2.05, 4.69) is 12.2 Å². The van der Waals surface area contributed by atoms with Crippen LogP contribution in [-0.4, -0.2) is 23.7 Å². The van der Waals surface area contributed by atoms with Gasteiger partial charge in [0.25, 0.3) is 0 Å². The van der Waals surface area contributed by atoms with Crippen molar-refractivity contribution in [2.45, 2.75) is 25.8 Å². The first-order valence-electron chi connectivity index (χ1n) is 4.16. The minimum atomic E-state index is 0.0324. The van der Waals surface area contributed by atoms with Crippen LogP contribution < -0.4 is 5.32 Å². The van der Waals surface area contributed by atoms with E-state index >= 15 is 0 Å². The van der Waals surface area contributed by atoms with Crippen molar-refractivity contribution >= 4 is 5.91 Å². The lowest BCUT2D eigenvalue weighted by Crippen LogP contribution is -2.37. The molecular weight excluding hydrogens is 142 g/mol. The van der Waals surface area contributed by atoms with E-state index in [1.54, 1.807) is 0 Å². The first kappa shape index (κ1) is 7.10. The summed E-state index contributed by atoms with van der Waals surface area (Å²) in [6.07, 6.45) is 1.99. The fourth-order valence-electron chi connectivity index (χ4n) is 2.34. The maximum atomic E-state index is 11.1. The van der Waals surface area contributed by atoms with E-state index in [0.717, 1.165) is 12.8 Å². The van der Waals surface area contributed by atoms with Gasteiger partial charge in [-0.25, -0.2) is 0 Å². The molecule has 3 heteroatoms. The summed E-state index contributed by atoms with van der Waals surface area (Å²) in [5.74, 6) is 0.357. The lowest BCUT2D eigenvalue weighted by atomic mass is 9.94. The third kappa shape index (κ3) is 0.692. The van der Waals surface area contributed by atoms with Gasteiger partial charge in [0.2, 0.25) is 5.91 Å². The van der Waals surface area contributed by atoms with Crippen LogP contribution >= 0.6 is 0 Å². The second kappa shape index (κ2) is 1.97. The monoisotopic (exact) mass is 155 g/mol. The standard InChI is InChI=1S/C8H13NO2/c1-2-8-3-5(8)7(11)9-6(8)4-10/h5-6,10H,2-4H2,1H3,(H,9,11)/t5-,6+,8-/m0/s1. The average molecular weight is 155 g/mol. The van der Waals surface area contributed by atoms with Crippen LogP contribution in [0.1, 0.15) is 19.8 Å². The molecule has 1 amide bonds. The van der Waals surface area contributed by atoms with Crippen molar-refractivity contribution in [3.05, 3.63) is 0 Å². The topological polar surface area (TPSA) is 49.3 Å². The number of carbonyl (C=O) groups excluding carboxylic acids is 1. The SMILES string of the molecule is CC[C@]12C[C@H]1C(=O)N[C@@H]2CO. The summed E-state index contributed by atoms with van der Waals surface area (Å²) in [6, 6.07) is 0.0324. The Kier molecular flexibility index (Phi) is 1.27. The molecule has 0 spiro atoms. The minimum absolute atomic E-state index is 0.0324. The Hall–Kier alpha value is -0.570. The first-order valence-corrected chi connectivity index (χ1v) is 4.16. The van der Waals surface area contributed by atoms with Crippen LogP contribution in [0.3, 0.4) is 0 Å². The molecule has 0 unspecified atom stereocenters. The van der Waals surface area contributed by atoms with Gasteiger partial charge in [-0.1, -0.05) is 6.92 Å². The van der Waals surface area contributed by atoms with Crippen molar-refractivity contribution in [3.63, 3.8) is 0 Å². The molecule has 1 aliphatic carbocycles. The smallest absolute Gasteiger partial charge is 0.224 e. The summed E-state index contributed by atoms with van der Waals surface area (Å²) in [4.78, 5) is 11.1. The highest BCUT2D eigenvalue weighted by atomic mass is 16.3. The van der Waals surface area contributed by atoms with Gasteiger partial charge >= 0.3 is 0 Å². The summed E-state index contributed by atoms with van der Waals surface area (Å²) in [5.41, 5.74) is 0.131. The van der Waals surface area contributed by atoms with E-state index in [1.165, 1.54) is 0 Å². The quantitative estimate of drug-likeness (QED) is 0.584. The molecule has 2 fully saturated rings. The van der Waals surface area contributed by atoms with Crippen LogP contribution in [0.5, 0.6) is 0 Å². The molecule has 62 valence electrons. The zero-order valence-electron chi connectivity index (χ0n) is 6.63. The van der Waals surface area contributed by atoms with Gasteiger partial charge in [0.15, 0.2) is 0 Å². The largest absolute Gasteiger partial charge is 0.394 e. The van der Waals surface area contributed by atoms with Crippen molar-refractivity contribution in [3.8, 4) is 0 Å². The number of hydrogen-bond donors (Lipinski definition) is 2. The summed E-state index contributed by atoms with van der Waals surface area (Å²) < 4.78 is 0. The van der Waals surface area contributed by atoms with Crippen LogP contribution in [0.2, 0.25) is 0 Å². The molecule has 2 N–H and O–H groups in total. The summed E-state index contributed by atoms with van der Waals surface area (Å²) in [7, 11) is 0. The van der Waals surface area contributed by atoms with Crippen molar-refractivity contribution in [2.24, 2.45) is 11.3 Å². The van der Waals surface area contributed by atoms with Crippen molar-refractivity contribution in [2.75, 3.05) is 6.61 Å². The van der Waals surface area contributed by atoms with E-state index in [1.807, 2.05) is 0 Å².